The molecular weight excluding hydrogens is 256 g/mol. The summed E-state index contributed by atoms with van der Waals surface area (Å²) < 4.78 is 4.72. The molecule has 0 amide bonds. The number of hydrogen-bond acceptors (Lipinski definition) is 6. The summed E-state index contributed by atoms with van der Waals surface area (Å²) in [6.45, 7) is 0. The van der Waals surface area contributed by atoms with Crippen molar-refractivity contribution in [2.24, 2.45) is 0 Å². The van der Waals surface area contributed by atoms with Gasteiger partial charge >= 0.3 is 5.97 Å². The number of esters is 1. The van der Waals surface area contributed by atoms with Gasteiger partial charge in [-0.2, -0.15) is 0 Å². The number of para-hydroxylation sites is 2. The summed E-state index contributed by atoms with van der Waals surface area (Å²) in [5.41, 5.74) is 0.469. The van der Waals surface area contributed by atoms with Gasteiger partial charge in [0.05, 0.1) is 17.9 Å². The minimum atomic E-state index is -0.457. The predicted molar refractivity (Wildman–Crippen MR) is 68.7 cm³/mol. The summed E-state index contributed by atoms with van der Waals surface area (Å²) in [6, 6.07) is 5.96. The number of nitrogens with zero attached hydrogens (tertiary/aromatic N) is 2. The lowest BCUT2D eigenvalue weighted by atomic mass is 10.2. The molecule has 1 fully saturated rings. The molecule has 1 atom stereocenters. The molecule has 1 aromatic rings. The Hall–Kier alpha value is -1.76. The third-order valence-corrected chi connectivity index (χ3v) is 3.76. The first-order valence-corrected chi connectivity index (χ1v) is 6.46. The van der Waals surface area contributed by atoms with Gasteiger partial charge in [0.1, 0.15) is 11.7 Å². The highest BCUT2D eigenvalue weighted by Crippen LogP contribution is 2.34. The number of ether oxygens (including phenoxy) is 1. The number of carbonyl (C=O) groups is 1. The molecule has 1 aliphatic heterocycles. The zero-order valence-electron chi connectivity index (χ0n) is 9.74. The average molecular weight is 268 g/mol. The van der Waals surface area contributed by atoms with Crippen LogP contribution in [0.15, 0.2) is 24.3 Å². The van der Waals surface area contributed by atoms with Gasteiger partial charge in [-0.1, -0.05) is 12.1 Å². The smallest absolute Gasteiger partial charge is 0.329 e. The summed E-state index contributed by atoms with van der Waals surface area (Å²) in [6.07, 6.45) is 0. The van der Waals surface area contributed by atoms with Crippen LogP contribution in [0.3, 0.4) is 0 Å². The molecule has 1 heterocycles. The number of anilines is 1. The van der Waals surface area contributed by atoms with Gasteiger partial charge in [0.25, 0.3) is 5.69 Å². The number of hydrogen-bond donors (Lipinski definition) is 0. The maximum Gasteiger partial charge on any atom is 0.329 e. The second kappa shape index (κ2) is 5.26. The summed E-state index contributed by atoms with van der Waals surface area (Å²) in [4.78, 5) is 23.9. The monoisotopic (exact) mass is 268 g/mol. The Morgan fingerprint density at radius 2 is 2.28 bits per heavy atom. The number of nitro groups is 1. The van der Waals surface area contributed by atoms with Crippen LogP contribution >= 0.6 is 11.8 Å². The van der Waals surface area contributed by atoms with Crippen LogP contribution in [0, 0.1) is 10.1 Å². The Bertz CT molecular complexity index is 480. The van der Waals surface area contributed by atoms with E-state index in [1.165, 1.54) is 13.2 Å². The molecule has 1 aromatic carbocycles. The average Bonchev–Trinajstić information content (AvgIpc) is 2.86. The van der Waals surface area contributed by atoms with E-state index in [0.717, 1.165) is 0 Å². The SMILES string of the molecule is COC(=O)C1CSCN1c1ccccc1[N+](=O)[O-]. The lowest BCUT2D eigenvalue weighted by molar-refractivity contribution is -0.384. The third-order valence-electron chi connectivity index (χ3n) is 2.74. The second-order valence-electron chi connectivity index (χ2n) is 3.75. The van der Waals surface area contributed by atoms with Crippen LogP contribution < -0.4 is 4.90 Å². The molecule has 1 aliphatic rings. The molecule has 0 spiro atoms. The van der Waals surface area contributed by atoms with Crippen molar-refractivity contribution in [3.05, 3.63) is 34.4 Å². The van der Waals surface area contributed by atoms with Crippen LogP contribution in [0.2, 0.25) is 0 Å². The van der Waals surface area contributed by atoms with E-state index >= 15 is 0 Å². The van der Waals surface area contributed by atoms with Gasteiger partial charge in [0.2, 0.25) is 0 Å². The maximum absolute atomic E-state index is 11.6. The van der Waals surface area contributed by atoms with Gasteiger partial charge in [0, 0.05) is 11.8 Å². The molecule has 96 valence electrons. The summed E-state index contributed by atoms with van der Waals surface area (Å²) in [5.74, 6) is 0.765. The highest BCUT2D eigenvalue weighted by Gasteiger charge is 2.35. The van der Waals surface area contributed by atoms with Crippen LogP contribution in [0.5, 0.6) is 0 Å². The summed E-state index contributed by atoms with van der Waals surface area (Å²) in [5, 5.41) is 11.0. The van der Waals surface area contributed by atoms with Crippen LogP contribution in [-0.4, -0.2) is 35.7 Å². The fraction of sp³-hybridized carbons (Fsp3) is 0.364. The van der Waals surface area contributed by atoms with E-state index in [0.29, 0.717) is 17.3 Å². The van der Waals surface area contributed by atoms with Gasteiger partial charge in [-0.15, -0.1) is 11.8 Å². The summed E-state index contributed by atoms with van der Waals surface area (Å²) in [7, 11) is 1.32. The largest absolute Gasteiger partial charge is 0.467 e. The number of rotatable bonds is 3. The van der Waals surface area contributed by atoms with Crippen molar-refractivity contribution < 1.29 is 14.5 Å². The van der Waals surface area contributed by atoms with E-state index in [2.05, 4.69) is 0 Å². The maximum atomic E-state index is 11.6. The zero-order chi connectivity index (χ0) is 13.1. The lowest BCUT2D eigenvalue weighted by Gasteiger charge is -2.23. The first-order chi connectivity index (χ1) is 8.65. The Balaban J connectivity index is 2.36. The number of thioether (sulfide) groups is 1. The predicted octanol–water partition coefficient (Wildman–Crippen LogP) is 1.65. The molecule has 7 heteroatoms. The molecule has 1 saturated heterocycles. The number of benzene rings is 1. The standard InChI is InChI=1S/C11H12N2O4S/c1-17-11(14)10-6-18-7-12(10)8-4-2-3-5-9(8)13(15)16/h2-5,10H,6-7H2,1H3. The highest BCUT2D eigenvalue weighted by atomic mass is 32.2. The van der Waals surface area contributed by atoms with E-state index in [1.807, 2.05) is 0 Å². The Morgan fingerprint density at radius 1 is 1.56 bits per heavy atom. The molecule has 2 rings (SSSR count). The van der Waals surface area contributed by atoms with Crippen molar-refractivity contribution in [2.45, 2.75) is 6.04 Å². The van der Waals surface area contributed by atoms with E-state index in [-0.39, 0.29) is 11.7 Å². The van der Waals surface area contributed by atoms with Crippen molar-refractivity contribution in [1.82, 2.24) is 0 Å². The molecule has 1 unspecified atom stereocenters. The van der Waals surface area contributed by atoms with E-state index in [1.54, 1.807) is 34.9 Å². The van der Waals surface area contributed by atoms with Crippen molar-refractivity contribution in [3.63, 3.8) is 0 Å². The minimum absolute atomic E-state index is 0.00824. The quantitative estimate of drug-likeness (QED) is 0.471. The van der Waals surface area contributed by atoms with E-state index in [9.17, 15) is 14.9 Å². The molecule has 0 aromatic heterocycles. The Kier molecular flexibility index (Phi) is 3.71. The molecule has 0 bridgehead atoms. The normalized spacial score (nSPS) is 18.7. The summed E-state index contributed by atoms with van der Waals surface area (Å²) >= 11 is 1.55. The number of methoxy groups -OCH3 is 1. The highest BCUT2D eigenvalue weighted by molar-refractivity contribution is 7.99. The van der Waals surface area contributed by atoms with Crippen molar-refractivity contribution in [1.29, 1.82) is 0 Å². The van der Waals surface area contributed by atoms with Gasteiger partial charge in [-0.05, 0) is 6.07 Å². The first kappa shape index (κ1) is 12.7. The molecular formula is C11H12N2O4S. The molecule has 0 saturated carbocycles. The van der Waals surface area contributed by atoms with E-state index in [4.69, 9.17) is 4.74 Å². The van der Waals surface area contributed by atoms with Crippen molar-refractivity contribution >= 4 is 29.1 Å². The Morgan fingerprint density at radius 3 is 2.94 bits per heavy atom. The van der Waals surface area contributed by atoms with Gasteiger partial charge in [-0.25, -0.2) is 4.79 Å². The number of nitro benzene ring substituents is 1. The minimum Gasteiger partial charge on any atom is -0.467 e. The topological polar surface area (TPSA) is 72.7 Å². The van der Waals surface area contributed by atoms with Gasteiger partial charge in [-0.3, -0.25) is 10.1 Å². The number of carbonyl (C=O) groups excluding carboxylic acids is 1. The molecule has 0 radical (unpaired) electrons. The first-order valence-electron chi connectivity index (χ1n) is 5.30. The fourth-order valence-electron chi connectivity index (χ4n) is 1.87. The second-order valence-corrected chi connectivity index (χ2v) is 4.75. The molecule has 6 nitrogen and oxygen atoms in total. The van der Waals surface area contributed by atoms with Crippen LogP contribution in [-0.2, 0) is 9.53 Å². The third kappa shape index (κ3) is 2.26. The fourth-order valence-corrected chi connectivity index (χ4v) is 3.03. The van der Waals surface area contributed by atoms with Gasteiger partial charge in [0.15, 0.2) is 0 Å². The van der Waals surface area contributed by atoms with Crippen molar-refractivity contribution in [3.8, 4) is 0 Å². The van der Waals surface area contributed by atoms with Crippen LogP contribution in [0.4, 0.5) is 11.4 Å². The van der Waals surface area contributed by atoms with E-state index < -0.39 is 11.0 Å². The molecule has 0 aliphatic carbocycles. The molecule has 0 N–H and O–H groups in total. The van der Waals surface area contributed by atoms with Gasteiger partial charge < -0.3 is 9.64 Å². The molecule has 18 heavy (non-hydrogen) atoms. The van der Waals surface area contributed by atoms with Crippen LogP contribution in [0.1, 0.15) is 0 Å². The van der Waals surface area contributed by atoms with Crippen LogP contribution in [0.25, 0.3) is 0 Å². The van der Waals surface area contributed by atoms with Crippen molar-refractivity contribution in [2.75, 3.05) is 23.6 Å². The lowest BCUT2D eigenvalue weighted by Crippen LogP contribution is -2.38. The zero-order valence-corrected chi connectivity index (χ0v) is 10.6. The Labute approximate surface area is 108 Å².